The Bertz CT molecular complexity index is 908. The van der Waals surface area contributed by atoms with E-state index in [4.69, 9.17) is 9.31 Å². The molecule has 0 radical (unpaired) electrons. The molecule has 1 aromatic heterocycles. The van der Waals surface area contributed by atoms with Crippen molar-refractivity contribution < 1.29 is 19.2 Å². The molecule has 6 heteroatoms. The van der Waals surface area contributed by atoms with Gasteiger partial charge in [-0.3, -0.25) is 0 Å². The van der Waals surface area contributed by atoms with Gasteiger partial charge in [0.15, 0.2) is 0 Å². The number of aryl methyl sites for hydroxylation is 1. The van der Waals surface area contributed by atoms with E-state index in [2.05, 4.69) is 6.58 Å². The molecule has 1 saturated carbocycles. The lowest BCUT2D eigenvalue weighted by molar-refractivity contribution is 0.0697. The minimum Gasteiger partial charge on any atom is -0.533 e. The van der Waals surface area contributed by atoms with Crippen molar-refractivity contribution in [2.45, 2.75) is 51.0 Å². The molecule has 1 saturated heterocycles. The van der Waals surface area contributed by atoms with E-state index < -0.39 is 18.7 Å². The van der Waals surface area contributed by atoms with Gasteiger partial charge in [-0.1, -0.05) is 25.5 Å². The lowest BCUT2D eigenvalue weighted by atomic mass is 9.77. The number of rotatable bonds is 3. The molecule has 136 valence electrons. The van der Waals surface area contributed by atoms with E-state index in [1.807, 2.05) is 31.5 Å². The van der Waals surface area contributed by atoms with Gasteiger partial charge in [0.2, 0.25) is 0 Å². The summed E-state index contributed by atoms with van der Waals surface area (Å²) in [5.74, 6) is 0.157. The fourth-order valence-electron chi connectivity index (χ4n) is 4.29. The van der Waals surface area contributed by atoms with Gasteiger partial charge in [0.25, 0.3) is 0 Å². The molecule has 2 aliphatic rings. The average Bonchev–Trinajstić information content (AvgIpc) is 3.25. The molecule has 0 atom stereocenters. The number of fused-ring (bicyclic) bond motifs is 1. The zero-order valence-corrected chi connectivity index (χ0v) is 15.5. The van der Waals surface area contributed by atoms with Crippen molar-refractivity contribution in [1.82, 2.24) is 4.57 Å². The quantitative estimate of drug-likeness (QED) is 0.857. The first-order chi connectivity index (χ1) is 12.3. The minimum absolute atomic E-state index is 0.292. The summed E-state index contributed by atoms with van der Waals surface area (Å²) in [5.41, 5.74) is 2.89. The van der Waals surface area contributed by atoms with Crippen LogP contribution in [0.2, 0.25) is 0 Å². The van der Waals surface area contributed by atoms with Crippen molar-refractivity contribution in [3.8, 4) is 0 Å². The Balaban J connectivity index is 1.92. The number of carbonyl (C=O) groups is 1. The fourth-order valence-corrected chi connectivity index (χ4v) is 4.29. The second kappa shape index (κ2) is 5.91. The number of aromatic carboxylic acids is 1. The Morgan fingerprint density at radius 2 is 2.04 bits per heavy atom. The molecule has 5 nitrogen and oxygen atoms in total. The largest absolute Gasteiger partial charge is 0.581 e. The summed E-state index contributed by atoms with van der Waals surface area (Å²) in [5, 5.41) is 10.5. The van der Waals surface area contributed by atoms with Crippen molar-refractivity contribution in [3.63, 3.8) is 0 Å². The van der Waals surface area contributed by atoms with Gasteiger partial charge in [0.1, 0.15) is 5.60 Å². The summed E-state index contributed by atoms with van der Waals surface area (Å²) < 4.78 is 14.2. The highest BCUT2D eigenvalue weighted by atomic mass is 16.7. The number of benzene rings is 1. The van der Waals surface area contributed by atoms with E-state index in [0.717, 1.165) is 29.3 Å². The van der Waals surface area contributed by atoms with Crippen molar-refractivity contribution >= 4 is 29.6 Å². The zero-order valence-electron chi connectivity index (χ0n) is 15.5. The number of carboxylic acids is 1. The van der Waals surface area contributed by atoms with Crippen molar-refractivity contribution in [2.24, 2.45) is 7.05 Å². The second-order valence-corrected chi connectivity index (χ2v) is 7.88. The number of aromatic nitrogens is 1. The van der Waals surface area contributed by atoms with Gasteiger partial charge in [-0.05, 0) is 50.3 Å². The van der Waals surface area contributed by atoms with E-state index in [-0.39, 0.29) is 0 Å². The molecule has 4 rings (SSSR count). The summed E-state index contributed by atoms with van der Waals surface area (Å²) in [6, 6.07) is 5.37. The predicted octanol–water partition coefficient (Wildman–Crippen LogP) is 3.57. The third kappa shape index (κ3) is 2.55. The van der Waals surface area contributed by atoms with Crippen LogP contribution in [0.1, 0.15) is 61.4 Å². The monoisotopic (exact) mass is 353 g/mol. The second-order valence-electron chi connectivity index (χ2n) is 7.88. The first-order valence-electron chi connectivity index (χ1n) is 9.19. The summed E-state index contributed by atoms with van der Waals surface area (Å²) in [7, 11) is 1.45. The van der Waals surface area contributed by atoms with E-state index in [9.17, 15) is 9.90 Å². The maximum absolute atomic E-state index is 11.4. The Morgan fingerprint density at radius 3 is 2.62 bits per heavy atom. The van der Waals surface area contributed by atoms with Crippen LogP contribution in [0, 0.1) is 0 Å². The summed E-state index contributed by atoms with van der Waals surface area (Å²) in [6.07, 6.45) is 4.73. The number of hydrogen-bond acceptors (Lipinski definition) is 3. The molecule has 0 amide bonds. The highest BCUT2D eigenvalue weighted by Crippen LogP contribution is 2.39. The summed E-state index contributed by atoms with van der Waals surface area (Å²) in [6.45, 7) is 7.90. The van der Waals surface area contributed by atoms with Crippen molar-refractivity contribution in [2.75, 3.05) is 0 Å². The van der Waals surface area contributed by atoms with Gasteiger partial charge >= 0.3 is 13.1 Å². The SMILES string of the molecule is C=C1OB(c2c(C3CCCC3)c3ccc(C(=O)O)cc3n2C)OC1(C)C. The molecular weight excluding hydrogens is 329 g/mol. The third-order valence-electron chi connectivity index (χ3n) is 5.84. The molecule has 1 aromatic carbocycles. The van der Waals surface area contributed by atoms with Gasteiger partial charge in [-0.15, -0.1) is 0 Å². The van der Waals surface area contributed by atoms with Crippen LogP contribution < -0.4 is 5.59 Å². The Hall–Kier alpha value is -2.21. The van der Waals surface area contributed by atoms with Gasteiger partial charge < -0.3 is 19.0 Å². The summed E-state index contributed by atoms with van der Waals surface area (Å²) >= 11 is 0. The Morgan fingerprint density at radius 1 is 1.35 bits per heavy atom. The van der Waals surface area contributed by atoms with E-state index in [1.165, 1.54) is 18.4 Å². The van der Waals surface area contributed by atoms with Crippen LogP contribution in [0.15, 0.2) is 30.5 Å². The first kappa shape index (κ1) is 17.2. The van der Waals surface area contributed by atoms with Gasteiger partial charge in [0.05, 0.1) is 16.9 Å². The van der Waals surface area contributed by atoms with Crippen LogP contribution in [0.25, 0.3) is 10.9 Å². The van der Waals surface area contributed by atoms with Crippen LogP contribution in [-0.2, 0) is 16.4 Å². The van der Waals surface area contributed by atoms with Gasteiger partial charge in [-0.2, -0.15) is 0 Å². The fraction of sp³-hybridized carbons (Fsp3) is 0.450. The minimum atomic E-state index is -0.917. The molecule has 1 N–H and O–H groups in total. The lowest BCUT2D eigenvalue weighted by Gasteiger charge is -2.17. The molecule has 2 heterocycles. The maximum Gasteiger partial charge on any atom is 0.581 e. The van der Waals surface area contributed by atoms with Crippen LogP contribution in [-0.4, -0.2) is 28.4 Å². The highest BCUT2D eigenvalue weighted by Gasteiger charge is 2.46. The third-order valence-corrected chi connectivity index (χ3v) is 5.84. The lowest BCUT2D eigenvalue weighted by Crippen LogP contribution is -2.41. The molecule has 1 aliphatic heterocycles. The van der Waals surface area contributed by atoms with Crippen LogP contribution in [0.5, 0.6) is 0 Å². The zero-order chi connectivity index (χ0) is 18.6. The van der Waals surface area contributed by atoms with Crippen LogP contribution in [0.3, 0.4) is 0 Å². The summed E-state index contributed by atoms with van der Waals surface area (Å²) in [4.78, 5) is 11.4. The van der Waals surface area contributed by atoms with E-state index >= 15 is 0 Å². The van der Waals surface area contributed by atoms with Crippen molar-refractivity contribution in [1.29, 1.82) is 0 Å². The van der Waals surface area contributed by atoms with Gasteiger partial charge in [-0.25, -0.2) is 4.79 Å². The highest BCUT2D eigenvalue weighted by molar-refractivity contribution is 6.63. The van der Waals surface area contributed by atoms with E-state index in [0.29, 0.717) is 17.2 Å². The molecule has 1 aliphatic carbocycles. The standard InChI is InChI=1S/C20H24BNO4/c1-12-20(2,3)26-21(25-12)18-17(13-7-5-6-8-13)15-10-9-14(19(23)24)11-16(15)22(18)4/h9-11,13H,1,5-8H2,2-4H3,(H,23,24). The van der Waals surface area contributed by atoms with Crippen molar-refractivity contribution in [3.05, 3.63) is 41.7 Å². The van der Waals surface area contributed by atoms with Gasteiger partial charge in [0, 0.05) is 18.0 Å². The molecule has 2 aromatic rings. The predicted molar refractivity (Wildman–Crippen MR) is 102 cm³/mol. The molecular formula is C20H24BNO4. The topological polar surface area (TPSA) is 60.7 Å². The molecule has 26 heavy (non-hydrogen) atoms. The molecule has 0 spiro atoms. The maximum atomic E-state index is 11.4. The Kier molecular flexibility index (Phi) is 3.92. The number of hydrogen-bond donors (Lipinski definition) is 1. The number of nitrogens with zero attached hydrogens (tertiary/aromatic N) is 1. The Labute approximate surface area is 153 Å². The molecule has 0 bridgehead atoms. The molecule has 0 unspecified atom stereocenters. The normalized spacial score (nSPS) is 20.1. The first-order valence-corrected chi connectivity index (χ1v) is 9.19. The molecule has 2 fully saturated rings. The average molecular weight is 353 g/mol. The smallest absolute Gasteiger partial charge is 0.533 e. The van der Waals surface area contributed by atoms with Crippen LogP contribution in [0.4, 0.5) is 0 Å². The van der Waals surface area contributed by atoms with E-state index in [1.54, 1.807) is 12.1 Å². The van der Waals surface area contributed by atoms with Crippen LogP contribution >= 0.6 is 0 Å². The number of carboxylic acid groups (broad SMARTS) is 1.